The van der Waals surface area contributed by atoms with Crippen molar-refractivity contribution in [2.75, 3.05) is 13.1 Å². The van der Waals surface area contributed by atoms with Gasteiger partial charge >= 0.3 is 0 Å². The van der Waals surface area contributed by atoms with Crippen LogP contribution in [0.2, 0.25) is 0 Å². The van der Waals surface area contributed by atoms with Gasteiger partial charge in [-0.2, -0.15) is 11.3 Å². The average Bonchev–Trinajstić information content (AvgIpc) is 3.23. The molecule has 0 saturated carbocycles. The van der Waals surface area contributed by atoms with E-state index in [2.05, 4.69) is 34.6 Å². The molecule has 0 unspecified atom stereocenters. The number of hydrogen-bond acceptors (Lipinski definition) is 4. The van der Waals surface area contributed by atoms with Crippen LogP contribution in [0.25, 0.3) is 11.3 Å². The summed E-state index contributed by atoms with van der Waals surface area (Å²) in [5.41, 5.74) is 4.57. The molecule has 6 heteroatoms. The maximum atomic E-state index is 12.6. The van der Waals surface area contributed by atoms with Crippen LogP contribution in [-0.2, 0) is 24.2 Å². The second-order valence-electron chi connectivity index (χ2n) is 5.96. The highest BCUT2D eigenvalue weighted by Crippen LogP contribution is 2.19. The first-order valence-corrected chi connectivity index (χ1v) is 9.01. The third-order valence-corrected chi connectivity index (χ3v) is 5.11. The van der Waals surface area contributed by atoms with Crippen LogP contribution in [-0.4, -0.2) is 38.9 Å². The summed E-state index contributed by atoms with van der Waals surface area (Å²) >= 11 is 1.62. The van der Waals surface area contributed by atoms with Crippen molar-refractivity contribution in [3.8, 4) is 11.3 Å². The molecule has 0 atom stereocenters. The molecular weight excluding hydrogens is 320 g/mol. The molecular formula is C18H18N4OS. The fourth-order valence-electron chi connectivity index (χ4n) is 3.07. The molecule has 0 fully saturated rings. The molecule has 122 valence electrons. The minimum Gasteiger partial charge on any atom is -0.340 e. The highest BCUT2D eigenvalue weighted by Gasteiger charge is 2.19. The lowest BCUT2D eigenvalue weighted by Crippen LogP contribution is -2.36. The third kappa shape index (κ3) is 3.10. The van der Waals surface area contributed by atoms with Gasteiger partial charge in [0.25, 0.3) is 0 Å². The summed E-state index contributed by atoms with van der Waals surface area (Å²) in [6.07, 6.45) is 3.67. The number of carbonyl (C=O) groups excluding carboxylic acids is 1. The SMILES string of the molecule is O=C(Cn1cc(-c2ccsc2)nn1)N1CCc2ccccc2CC1. The molecule has 0 radical (unpaired) electrons. The van der Waals surface area contributed by atoms with Gasteiger partial charge in [0.05, 0.1) is 6.20 Å². The Balaban J connectivity index is 1.42. The summed E-state index contributed by atoms with van der Waals surface area (Å²) < 4.78 is 1.63. The molecule has 1 aliphatic heterocycles. The smallest absolute Gasteiger partial charge is 0.244 e. The first-order valence-electron chi connectivity index (χ1n) is 8.07. The van der Waals surface area contributed by atoms with E-state index in [-0.39, 0.29) is 12.5 Å². The summed E-state index contributed by atoms with van der Waals surface area (Å²) in [5.74, 6) is 0.101. The zero-order valence-electron chi connectivity index (χ0n) is 13.3. The van der Waals surface area contributed by atoms with Crippen LogP contribution in [0.4, 0.5) is 0 Å². The molecule has 0 saturated heterocycles. The van der Waals surface area contributed by atoms with Crippen LogP contribution in [0.1, 0.15) is 11.1 Å². The lowest BCUT2D eigenvalue weighted by atomic mass is 10.0. The Labute approximate surface area is 144 Å². The molecule has 3 heterocycles. The summed E-state index contributed by atoms with van der Waals surface area (Å²) in [7, 11) is 0. The van der Waals surface area contributed by atoms with Gasteiger partial charge in [0.15, 0.2) is 0 Å². The van der Waals surface area contributed by atoms with Crippen molar-refractivity contribution in [2.45, 2.75) is 19.4 Å². The highest BCUT2D eigenvalue weighted by atomic mass is 32.1. The highest BCUT2D eigenvalue weighted by molar-refractivity contribution is 7.08. The number of amides is 1. The number of rotatable bonds is 3. The fraction of sp³-hybridized carbons (Fsp3) is 0.278. The molecule has 24 heavy (non-hydrogen) atoms. The Morgan fingerprint density at radius 3 is 2.54 bits per heavy atom. The zero-order valence-corrected chi connectivity index (χ0v) is 14.1. The van der Waals surface area contributed by atoms with E-state index in [1.807, 2.05) is 27.9 Å². The molecule has 5 nitrogen and oxygen atoms in total. The van der Waals surface area contributed by atoms with Crippen molar-refractivity contribution in [1.82, 2.24) is 19.9 Å². The molecule has 4 rings (SSSR count). The van der Waals surface area contributed by atoms with Crippen LogP contribution in [0.3, 0.4) is 0 Å². The van der Waals surface area contributed by atoms with Gasteiger partial charge in [0.1, 0.15) is 12.2 Å². The molecule has 2 aromatic heterocycles. The molecule has 1 aromatic carbocycles. The van der Waals surface area contributed by atoms with E-state index >= 15 is 0 Å². The first kappa shape index (κ1) is 15.1. The zero-order chi connectivity index (χ0) is 16.4. The third-order valence-electron chi connectivity index (χ3n) is 4.43. The second-order valence-corrected chi connectivity index (χ2v) is 6.74. The van der Waals surface area contributed by atoms with Crippen LogP contribution in [0.5, 0.6) is 0 Å². The Morgan fingerprint density at radius 2 is 1.88 bits per heavy atom. The van der Waals surface area contributed by atoms with Gasteiger partial charge in [-0.05, 0) is 35.4 Å². The quantitative estimate of drug-likeness (QED) is 0.738. The Hall–Kier alpha value is -2.47. The van der Waals surface area contributed by atoms with E-state index in [0.717, 1.165) is 37.2 Å². The predicted octanol–water partition coefficient (Wildman–Crippen LogP) is 2.63. The Bertz CT molecular complexity index is 813. The standard InChI is InChI=1S/C18H18N4OS/c23-18(12-22-11-17(19-20-22)16-7-10-24-13-16)21-8-5-14-3-1-2-4-15(14)6-9-21/h1-4,7,10-11,13H,5-6,8-9,12H2. The van der Waals surface area contributed by atoms with Crippen molar-refractivity contribution in [2.24, 2.45) is 0 Å². The maximum absolute atomic E-state index is 12.6. The summed E-state index contributed by atoms with van der Waals surface area (Å²) in [6, 6.07) is 10.5. The monoisotopic (exact) mass is 338 g/mol. The van der Waals surface area contributed by atoms with Gasteiger partial charge < -0.3 is 4.90 Å². The summed E-state index contributed by atoms with van der Waals surface area (Å²) in [6.45, 7) is 1.78. The molecule has 0 spiro atoms. The molecule has 1 aliphatic rings. The van der Waals surface area contributed by atoms with Crippen molar-refractivity contribution in [3.63, 3.8) is 0 Å². The number of nitrogens with zero attached hydrogens (tertiary/aromatic N) is 4. The van der Waals surface area contributed by atoms with E-state index < -0.39 is 0 Å². The van der Waals surface area contributed by atoms with Crippen LogP contribution in [0, 0.1) is 0 Å². The Morgan fingerprint density at radius 1 is 1.12 bits per heavy atom. The van der Waals surface area contributed by atoms with Crippen molar-refractivity contribution in [3.05, 3.63) is 58.4 Å². The van der Waals surface area contributed by atoms with E-state index in [0.29, 0.717) is 0 Å². The molecule has 0 bridgehead atoms. The van der Waals surface area contributed by atoms with Crippen molar-refractivity contribution < 1.29 is 4.79 Å². The number of hydrogen-bond donors (Lipinski definition) is 0. The van der Waals surface area contributed by atoms with Crippen LogP contribution in [0.15, 0.2) is 47.3 Å². The lowest BCUT2D eigenvalue weighted by Gasteiger charge is -2.19. The van der Waals surface area contributed by atoms with Gasteiger partial charge in [0.2, 0.25) is 5.91 Å². The number of benzene rings is 1. The van der Waals surface area contributed by atoms with Gasteiger partial charge in [-0.3, -0.25) is 4.79 Å². The fourth-order valence-corrected chi connectivity index (χ4v) is 3.72. The average molecular weight is 338 g/mol. The predicted molar refractivity (Wildman–Crippen MR) is 93.8 cm³/mol. The van der Waals surface area contributed by atoms with E-state index in [1.165, 1.54) is 11.1 Å². The van der Waals surface area contributed by atoms with Gasteiger partial charge in [0, 0.05) is 24.0 Å². The minimum absolute atomic E-state index is 0.101. The van der Waals surface area contributed by atoms with Crippen molar-refractivity contribution in [1.29, 1.82) is 0 Å². The van der Waals surface area contributed by atoms with Crippen LogP contribution >= 0.6 is 11.3 Å². The molecule has 3 aromatic rings. The maximum Gasteiger partial charge on any atom is 0.244 e. The van der Waals surface area contributed by atoms with Crippen LogP contribution < -0.4 is 0 Å². The van der Waals surface area contributed by atoms with E-state index in [1.54, 1.807) is 16.0 Å². The number of carbonyl (C=O) groups is 1. The summed E-state index contributed by atoms with van der Waals surface area (Å²) in [4.78, 5) is 14.5. The Kier molecular flexibility index (Phi) is 4.13. The van der Waals surface area contributed by atoms with E-state index in [9.17, 15) is 4.79 Å². The summed E-state index contributed by atoms with van der Waals surface area (Å²) in [5, 5.41) is 12.3. The number of fused-ring (bicyclic) bond motifs is 1. The van der Waals surface area contributed by atoms with Gasteiger partial charge in [-0.25, -0.2) is 4.68 Å². The number of aromatic nitrogens is 3. The topological polar surface area (TPSA) is 51.0 Å². The van der Waals surface area contributed by atoms with Gasteiger partial charge in [-0.1, -0.05) is 29.5 Å². The number of thiophene rings is 1. The van der Waals surface area contributed by atoms with Gasteiger partial charge in [-0.15, -0.1) is 5.10 Å². The second kappa shape index (κ2) is 6.57. The largest absolute Gasteiger partial charge is 0.340 e. The molecule has 0 aliphatic carbocycles. The molecule has 0 N–H and O–H groups in total. The van der Waals surface area contributed by atoms with Crippen molar-refractivity contribution >= 4 is 17.2 Å². The normalized spacial score (nSPS) is 14.2. The van der Waals surface area contributed by atoms with E-state index in [4.69, 9.17) is 0 Å². The minimum atomic E-state index is 0.101. The first-order chi connectivity index (χ1) is 11.8. The lowest BCUT2D eigenvalue weighted by molar-refractivity contribution is -0.131. The molecule has 1 amide bonds.